The molecule has 1 saturated carbocycles. The van der Waals surface area contributed by atoms with Crippen LogP contribution in [0.25, 0.3) is 10.9 Å². The summed E-state index contributed by atoms with van der Waals surface area (Å²) in [6.07, 6.45) is 0.548. The van der Waals surface area contributed by atoms with Gasteiger partial charge in [0.1, 0.15) is 11.6 Å². The number of aryl methyl sites for hydroxylation is 1. The first-order chi connectivity index (χ1) is 16.7. The highest BCUT2D eigenvalue weighted by Gasteiger charge is 2.32. The van der Waals surface area contributed by atoms with Crippen molar-refractivity contribution in [2.75, 3.05) is 24.2 Å². The molecule has 6 nitrogen and oxygen atoms in total. The Morgan fingerprint density at radius 1 is 1.08 bits per heavy atom. The highest BCUT2D eigenvalue weighted by atomic mass is 79.9. The van der Waals surface area contributed by atoms with Crippen molar-refractivity contribution in [2.24, 2.45) is 0 Å². The number of benzene rings is 2. The fourth-order valence-corrected chi connectivity index (χ4v) is 4.96. The first kappa shape index (κ1) is 31.2. The molecule has 3 N–H and O–H groups in total. The van der Waals surface area contributed by atoms with E-state index in [-0.39, 0.29) is 30.6 Å². The van der Waals surface area contributed by atoms with E-state index in [9.17, 15) is 13.2 Å². The Balaban J connectivity index is 0.00000241. The SMILES string of the molecule is CN(c1nc(N)c2ccccc2n1)C1CCC(NCCCc2ccc(Br)cc2OC(F)(F)F)CC1.Cl.Cl. The molecule has 0 amide bonds. The van der Waals surface area contributed by atoms with Gasteiger partial charge in [-0.15, -0.1) is 38.0 Å². The van der Waals surface area contributed by atoms with Gasteiger partial charge in [-0.1, -0.05) is 34.1 Å². The molecule has 2 aromatic carbocycles. The van der Waals surface area contributed by atoms with Gasteiger partial charge in [0.05, 0.1) is 5.52 Å². The van der Waals surface area contributed by atoms with Crippen LogP contribution in [0, 0.1) is 0 Å². The number of alkyl halides is 3. The van der Waals surface area contributed by atoms with E-state index in [1.54, 1.807) is 12.1 Å². The molecule has 3 aromatic rings. The molecule has 0 radical (unpaired) electrons. The van der Waals surface area contributed by atoms with Gasteiger partial charge in [0.2, 0.25) is 5.95 Å². The lowest BCUT2D eigenvalue weighted by Gasteiger charge is -2.35. The van der Waals surface area contributed by atoms with Crippen LogP contribution in [-0.2, 0) is 6.42 Å². The van der Waals surface area contributed by atoms with Crippen LogP contribution < -0.4 is 20.7 Å². The van der Waals surface area contributed by atoms with Gasteiger partial charge in [0.25, 0.3) is 0 Å². The number of nitrogens with two attached hydrogens (primary N) is 1. The Morgan fingerprint density at radius 2 is 1.78 bits per heavy atom. The Morgan fingerprint density at radius 3 is 2.49 bits per heavy atom. The summed E-state index contributed by atoms with van der Waals surface area (Å²) in [5.41, 5.74) is 7.54. The third kappa shape index (κ3) is 8.49. The van der Waals surface area contributed by atoms with Gasteiger partial charge in [0, 0.05) is 29.0 Å². The van der Waals surface area contributed by atoms with Gasteiger partial charge in [0.15, 0.2) is 0 Å². The number of aromatic nitrogens is 2. The van der Waals surface area contributed by atoms with Crippen LogP contribution >= 0.6 is 40.7 Å². The van der Waals surface area contributed by atoms with Crippen molar-refractivity contribution in [1.29, 1.82) is 0 Å². The highest BCUT2D eigenvalue weighted by molar-refractivity contribution is 9.10. The van der Waals surface area contributed by atoms with E-state index in [1.807, 2.05) is 31.3 Å². The van der Waals surface area contributed by atoms with Gasteiger partial charge in [-0.05, 0) is 74.9 Å². The molecule has 0 bridgehead atoms. The molecule has 0 atom stereocenters. The molecular weight excluding hydrogens is 594 g/mol. The first-order valence-electron chi connectivity index (χ1n) is 11.7. The Kier molecular flexibility index (Phi) is 11.5. The molecule has 0 aliphatic heterocycles. The van der Waals surface area contributed by atoms with Crippen LogP contribution in [-0.4, -0.2) is 42.0 Å². The zero-order valence-electron chi connectivity index (χ0n) is 20.3. The number of rotatable bonds is 8. The van der Waals surface area contributed by atoms with Crippen LogP contribution in [0.3, 0.4) is 0 Å². The molecule has 0 unspecified atom stereocenters. The molecule has 204 valence electrons. The molecule has 1 aliphatic rings. The molecular formula is C25H31BrCl2F3N5O. The Labute approximate surface area is 235 Å². The van der Waals surface area contributed by atoms with E-state index < -0.39 is 6.36 Å². The summed E-state index contributed by atoms with van der Waals surface area (Å²) in [4.78, 5) is 11.3. The second-order valence-electron chi connectivity index (χ2n) is 8.90. The van der Waals surface area contributed by atoms with E-state index in [2.05, 4.69) is 40.9 Å². The van der Waals surface area contributed by atoms with Gasteiger partial charge in [-0.2, -0.15) is 4.98 Å². The van der Waals surface area contributed by atoms with Crippen molar-refractivity contribution < 1.29 is 17.9 Å². The van der Waals surface area contributed by atoms with E-state index in [4.69, 9.17) is 5.73 Å². The second-order valence-corrected chi connectivity index (χ2v) is 9.82. The third-order valence-corrected chi connectivity index (χ3v) is 6.98. The number of fused-ring (bicyclic) bond motifs is 1. The van der Waals surface area contributed by atoms with Crippen LogP contribution in [0.2, 0.25) is 0 Å². The molecule has 1 aliphatic carbocycles. The van der Waals surface area contributed by atoms with Crippen molar-refractivity contribution in [1.82, 2.24) is 15.3 Å². The van der Waals surface area contributed by atoms with Crippen LogP contribution in [0.15, 0.2) is 46.9 Å². The number of ether oxygens (including phenoxy) is 1. The van der Waals surface area contributed by atoms with Gasteiger partial charge in [-0.25, -0.2) is 4.98 Å². The van der Waals surface area contributed by atoms with Gasteiger partial charge >= 0.3 is 6.36 Å². The quantitative estimate of drug-likeness (QED) is 0.272. The molecule has 37 heavy (non-hydrogen) atoms. The second kappa shape index (κ2) is 13.7. The van der Waals surface area contributed by atoms with E-state index >= 15 is 0 Å². The average Bonchev–Trinajstić information content (AvgIpc) is 2.82. The number of anilines is 2. The minimum Gasteiger partial charge on any atom is -0.405 e. The maximum Gasteiger partial charge on any atom is 0.573 e. The smallest absolute Gasteiger partial charge is 0.405 e. The first-order valence-corrected chi connectivity index (χ1v) is 12.5. The zero-order valence-corrected chi connectivity index (χ0v) is 23.5. The lowest BCUT2D eigenvalue weighted by atomic mass is 9.90. The van der Waals surface area contributed by atoms with Crippen molar-refractivity contribution in [3.63, 3.8) is 0 Å². The topological polar surface area (TPSA) is 76.3 Å². The number of nitrogens with one attached hydrogen (secondary N) is 1. The minimum atomic E-state index is -4.71. The number of halogens is 6. The molecule has 0 saturated heterocycles. The van der Waals surface area contributed by atoms with Crippen LogP contribution in [0.5, 0.6) is 5.75 Å². The van der Waals surface area contributed by atoms with Crippen molar-refractivity contribution >= 4 is 63.4 Å². The van der Waals surface area contributed by atoms with Gasteiger partial charge < -0.3 is 20.7 Å². The third-order valence-electron chi connectivity index (χ3n) is 6.49. The monoisotopic (exact) mass is 623 g/mol. The summed E-state index contributed by atoms with van der Waals surface area (Å²) in [7, 11) is 2.01. The van der Waals surface area contributed by atoms with Gasteiger partial charge in [-0.3, -0.25) is 0 Å². The van der Waals surface area contributed by atoms with Crippen molar-refractivity contribution in [3.05, 3.63) is 52.5 Å². The molecule has 1 aromatic heterocycles. The number of nitrogens with zero attached hydrogens (tertiary/aromatic N) is 3. The molecule has 1 fully saturated rings. The maximum absolute atomic E-state index is 12.7. The van der Waals surface area contributed by atoms with Crippen molar-refractivity contribution in [2.45, 2.75) is 57.0 Å². The summed E-state index contributed by atoms with van der Waals surface area (Å²) in [6, 6.07) is 13.2. The summed E-state index contributed by atoms with van der Waals surface area (Å²) in [5.74, 6) is 0.985. The lowest BCUT2D eigenvalue weighted by Crippen LogP contribution is -2.41. The highest BCUT2D eigenvalue weighted by Crippen LogP contribution is 2.31. The normalized spacial score (nSPS) is 17.5. The minimum absolute atomic E-state index is 0. The van der Waals surface area contributed by atoms with Crippen LogP contribution in [0.1, 0.15) is 37.7 Å². The average molecular weight is 625 g/mol. The predicted octanol–water partition coefficient (Wildman–Crippen LogP) is 6.69. The summed E-state index contributed by atoms with van der Waals surface area (Å²) < 4.78 is 42.8. The number of hydrogen-bond donors (Lipinski definition) is 2. The number of nitrogen functional groups attached to an aromatic ring is 1. The summed E-state index contributed by atoms with van der Waals surface area (Å²) in [6.45, 7) is 0.733. The predicted molar refractivity (Wildman–Crippen MR) is 150 cm³/mol. The van der Waals surface area contributed by atoms with E-state index in [0.29, 0.717) is 40.3 Å². The molecule has 1 heterocycles. The molecule has 12 heteroatoms. The lowest BCUT2D eigenvalue weighted by molar-refractivity contribution is -0.274. The summed E-state index contributed by atoms with van der Waals surface area (Å²) >= 11 is 3.20. The van der Waals surface area contributed by atoms with Crippen molar-refractivity contribution in [3.8, 4) is 5.75 Å². The number of para-hydroxylation sites is 1. The van der Waals surface area contributed by atoms with E-state index in [0.717, 1.165) is 49.6 Å². The molecule has 0 spiro atoms. The van der Waals surface area contributed by atoms with Crippen LogP contribution in [0.4, 0.5) is 24.9 Å². The number of hydrogen-bond acceptors (Lipinski definition) is 6. The summed E-state index contributed by atoms with van der Waals surface area (Å²) in [5, 5.41) is 4.42. The van der Waals surface area contributed by atoms with E-state index in [1.165, 1.54) is 6.07 Å². The maximum atomic E-state index is 12.7. The molecule has 4 rings (SSSR count). The Hall–Kier alpha value is -2.01. The standard InChI is InChI=1S/C25H29BrF3N5O.2ClH/c1-34(24-32-21-7-3-2-6-20(21)23(30)33-24)19-12-10-18(11-13-19)31-14-4-5-16-8-9-17(26)15-22(16)35-25(27,28)29;;/h2-3,6-9,15,18-19,31H,4-5,10-14H2,1H3,(H2,30,32,33);2*1H. The fraction of sp³-hybridized carbons (Fsp3) is 0.440. The fourth-order valence-electron chi connectivity index (χ4n) is 4.62. The largest absolute Gasteiger partial charge is 0.573 e. The Bertz CT molecular complexity index is 1160. The zero-order chi connectivity index (χ0) is 25.0.